The number of rotatable bonds is 3. The first-order valence-electron chi connectivity index (χ1n) is 7.48. The largest absolute Gasteiger partial charge is 0.462 e. The second-order valence-electron chi connectivity index (χ2n) is 5.31. The molecule has 2 heterocycles. The normalized spacial score (nSPS) is 11.0. The Morgan fingerprint density at radius 3 is 2.37 bits per heavy atom. The second-order valence-corrected chi connectivity index (χ2v) is 5.67. The first-order valence-corrected chi connectivity index (χ1v) is 7.85. The summed E-state index contributed by atoms with van der Waals surface area (Å²) in [6.45, 7) is 1.40. The van der Waals surface area contributed by atoms with Gasteiger partial charge in [-0.25, -0.2) is 27.3 Å². The average molecular weight is 401 g/mol. The summed E-state index contributed by atoms with van der Waals surface area (Å²) in [7, 11) is 0. The van der Waals surface area contributed by atoms with Gasteiger partial charge in [0, 0.05) is 18.3 Å². The highest BCUT2D eigenvalue weighted by Crippen LogP contribution is 2.25. The molecule has 10 heteroatoms. The van der Waals surface area contributed by atoms with E-state index in [0.717, 1.165) is 6.20 Å². The Bertz CT molecular complexity index is 1120. The molecule has 140 valence electrons. The van der Waals surface area contributed by atoms with Crippen LogP contribution in [0.3, 0.4) is 0 Å². The Morgan fingerprint density at radius 1 is 1.15 bits per heavy atom. The maximum absolute atomic E-state index is 14.3. The Morgan fingerprint density at radius 2 is 1.78 bits per heavy atom. The summed E-state index contributed by atoms with van der Waals surface area (Å²) in [5, 5.41) is -1.13. The SMILES string of the molecule is CCOC(=O)c1cn(-c2c(F)cc(F)cc2F)c2nc(Cl)c(F)cc2c1=O. The Labute approximate surface area is 153 Å². The minimum absolute atomic E-state index is 0.0805. The summed E-state index contributed by atoms with van der Waals surface area (Å²) in [5.41, 5.74) is -2.84. The van der Waals surface area contributed by atoms with Crippen LogP contribution >= 0.6 is 11.6 Å². The van der Waals surface area contributed by atoms with Gasteiger partial charge in [-0.1, -0.05) is 11.6 Å². The van der Waals surface area contributed by atoms with E-state index < -0.39 is 62.1 Å². The van der Waals surface area contributed by atoms with Crippen LogP contribution < -0.4 is 5.43 Å². The van der Waals surface area contributed by atoms with Crippen LogP contribution in [0.4, 0.5) is 17.6 Å². The van der Waals surface area contributed by atoms with Crippen LogP contribution in [0.2, 0.25) is 5.15 Å². The lowest BCUT2D eigenvalue weighted by molar-refractivity contribution is 0.0524. The van der Waals surface area contributed by atoms with Gasteiger partial charge in [0.05, 0.1) is 12.0 Å². The van der Waals surface area contributed by atoms with Gasteiger partial charge in [0.25, 0.3) is 0 Å². The number of hydrogen-bond acceptors (Lipinski definition) is 4. The smallest absolute Gasteiger partial charge is 0.343 e. The third-order valence-electron chi connectivity index (χ3n) is 3.61. The van der Waals surface area contributed by atoms with Crippen LogP contribution in [-0.2, 0) is 4.74 Å². The lowest BCUT2D eigenvalue weighted by atomic mass is 10.1. The van der Waals surface area contributed by atoms with Crippen LogP contribution in [-0.4, -0.2) is 22.1 Å². The van der Waals surface area contributed by atoms with Gasteiger partial charge in [-0.05, 0) is 13.0 Å². The number of carbonyl (C=O) groups is 1. The van der Waals surface area contributed by atoms with Crippen molar-refractivity contribution >= 4 is 28.6 Å². The molecule has 2 aromatic heterocycles. The first kappa shape index (κ1) is 18.8. The zero-order valence-corrected chi connectivity index (χ0v) is 14.3. The predicted octanol–water partition coefficient (Wildman–Crippen LogP) is 3.77. The monoisotopic (exact) mass is 400 g/mol. The van der Waals surface area contributed by atoms with E-state index in [0.29, 0.717) is 22.8 Å². The van der Waals surface area contributed by atoms with E-state index in [1.807, 2.05) is 0 Å². The Hall–Kier alpha value is -2.94. The van der Waals surface area contributed by atoms with Crippen LogP contribution in [0.1, 0.15) is 17.3 Å². The number of esters is 1. The second kappa shape index (κ2) is 6.99. The summed E-state index contributed by atoms with van der Waals surface area (Å²) in [6, 6.07) is 1.49. The third-order valence-corrected chi connectivity index (χ3v) is 3.87. The van der Waals surface area contributed by atoms with Crippen LogP contribution in [0.15, 0.2) is 29.2 Å². The minimum atomic E-state index is -1.34. The third kappa shape index (κ3) is 3.25. The lowest BCUT2D eigenvalue weighted by Crippen LogP contribution is -2.22. The number of nitrogens with zero attached hydrogens (tertiary/aromatic N) is 2. The number of benzene rings is 1. The molecule has 0 atom stereocenters. The molecule has 0 radical (unpaired) electrons. The average Bonchev–Trinajstić information content (AvgIpc) is 2.58. The quantitative estimate of drug-likeness (QED) is 0.381. The molecule has 0 unspecified atom stereocenters. The highest BCUT2D eigenvalue weighted by atomic mass is 35.5. The molecule has 3 aromatic rings. The van der Waals surface area contributed by atoms with Crippen molar-refractivity contribution in [2.45, 2.75) is 6.92 Å². The minimum Gasteiger partial charge on any atom is -0.462 e. The van der Waals surface area contributed by atoms with E-state index in [2.05, 4.69) is 4.98 Å². The molecule has 27 heavy (non-hydrogen) atoms. The van der Waals surface area contributed by atoms with E-state index in [1.54, 1.807) is 0 Å². The maximum atomic E-state index is 14.3. The van der Waals surface area contributed by atoms with Gasteiger partial charge in [0.1, 0.15) is 17.1 Å². The molecule has 0 amide bonds. The van der Waals surface area contributed by atoms with E-state index in [1.165, 1.54) is 6.92 Å². The van der Waals surface area contributed by atoms with Gasteiger partial charge in [-0.3, -0.25) is 9.36 Å². The molecule has 0 N–H and O–H groups in total. The van der Waals surface area contributed by atoms with Crippen molar-refractivity contribution in [2.75, 3.05) is 6.61 Å². The van der Waals surface area contributed by atoms with Gasteiger partial charge in [-0.15, -0.1) is 0 Å². The fourth-order valence-corrected chi connectivity index (χ4v) is 2.63. The molecule has 0 saturated carbocycles. The molecule has 3 rings (SSSR count). The number of aromatic nitrogens is 2. The number of hydrogen-bond donors (Lipinski definition) is 0. The Kier molecular flexibility index (Phi) is 4.88. The van der Waals surface area contributed by atoms with E-state index in [-0.39, 0.29) is 6.61 Å². The number of carbonyl (C=O) groups excluding carboxylic acids is 1. The molecule has 5 nitrogen and oxygen atoms in total. The molecule has 0 saturated heterocycles. The van der Waals surface area contributed by atoms with Crippen molar-refractivity contribution in [3.8, 4) is 5.69 Å². The molecule has 0 aliphatic carbocycles. The summed E-state index contributed by atoms with van der Waals surface area (Å²) >= 11 is 5.62. The summed E-state index contributed by atoms with van der Waals surface area (Å²) in [4.78, 5) is 28.2. The lowest BCUT2D eigenvalue weighted by Gasteiger charge is -2.14. The van der Waals surface area contributed by atoms with Gasteiger partial charge >= 0.3 is 5.97 Å². The molecular formula is C17H9ClF4N2O3. The number of halogens is 5. The van der Waals surface area contributed by atoms with Crippen LogP contribution in [0.25, 0.3) is 16.7 Å². The molecular weight excluding hydrogens is 392 g/mol. The number of fused-ring (bicyclic) bond motifs is 1. The molecule has 0 bridgehead atoms. The summed E-state index contributed by atoms with van der Waals surface area (Å²) in [6.07, 6.45) is 0.781. The highest BCUT2D eigenvalue weighted by molar-refractivity contribution is 6.29. The summed E-state index contributed by atoms with van der Waals surface area (Å²) in [5.74, 6) is -6.02. The van der Waals surface area contributed by atoms with Gasteiger partial charge in [0.2, 0.25) is 5.43 Å². The molecule has 0 aliphatic rings. The number of ether oxygens (including phenoxy) is 1. The predicted molar refractivity (Wildman–Crippen MR) is 88.1 cm³/mol. The van der Waals surface area contributed by atoms with E-state index in [4.69, 9.17) is 16.3 Å². The zero-order valence-electron chi connectivity index (χ0n) is 13.5. The molecule has 0 spiro atoms. The van der Waals surface area contributed by atoms with Crippen LogP contribution in [0, 0.1) is 23.3 Å². The van der Waals surface area contributed by atoms with Crippen molar-refractivity contribution in [1.82, 2.24) is 9.55 Å². The van der Waals surface area contributed by atoms with Gasteiger partial charge in [0.15, 0.2) is 28.3 Å². The molecule has 0 aliphatic heterocycles. The fraction of sp³-hybridized carbons (Fsp3) is 0.118. The standard InChI is InChI=1S/C17H9ClF4N2O3/c1-2-27-17(26)9-6-24(13-10(20)3-7(19)4-11(13)21)16-8(14(9)25)5-12(22)15(18)23-16/h3-6H,2H2,1H3. The van der Waals surface area contributed by atoms with E-state index in [9.17, 15) is 27.2 Å². The van der Waals surface area contributed by atoms with Crippen molar-refractivity contribution in [3.63, 3.8) is 0 Å². The Balaban J connectivity index is 2.48. The van der Waals surface area contributed by atoms with Crippen LogP contribution in [0.5, 0.6) is 0 Å². The molecule has 0 fully saturated rings. The first-order chi connectivity index (χ1) is 12.7. The fourth-order valence-electron chi connectivity index (χ4n) is 2.49. The van der Waals surface area contributed by atoms with Crippen molar-refractivity contribution in [1.29, 1.82) is 0 Å². The topological polar surface area (TPSA) is 61.2 Å². The molecule has 1 aromatic carbocycles. The highest BCUT2D eigenvalue weighted by Gasteiger charge is 2.23. The summed E-state index contributed by atoms with van der Waals surface area (Å²) < 4.78 is 61.0. The van der Waals surface area contributed by atoms with Crippen molar-refractivity contribution < 1.29 is 27.1 Å². The number of pyridine rings is 2. The van der Waals surface area contributed by atoms with Crippen molar-refractivity contribution in [2.24, 2.45) is 0 Å². The van der Waals surface area contributed by atoms with Crippen molar-refractivity contribution in [3.05, 3.63) is 68.6 Å². The zero-order chi connectivity index (χ0) is 19.9. The van der Waals surface area contributed by atoms with E-state index >= 15 is 0 Å². The maximum Gasteiger partial charge on any atom is 0.343 e. The van der Waals surface area contributed by atoms with Gasteiger partial charge in [-0.2, -0.15) is 0 Å². The van der Waals surface area contributed by atoms with Gasteiger partial charge < -0.3 is 4.74 Å².